The van der Waals surface area contributed by atoms with Gasteiger partial charge in [0.15, 0.2) is 0 Å². The normalized spacial score (nSPS) is 45.3. The van der Waals surface area contributed by atoms with E-state index in [1.807, 2.05) is 0 Å². The van der Waals surface area contributed by atoms with Crippen LogP contribution in [0.5, 0.6) is 0 Å². The second kappa shape index (κ2) is 4.46. The first-order valence-electron chi connectivity index (χ1n) is 7.68. The van der Waals surface area contributed by atoms with E-state index in [4.69, 9.17) is 0 Å². The third-order valence-electron chi connectivity index (χ3n) is 6.04. The summed E-state index contributed by atoms with van der Waals surface area (Å²) in [5.41, 5.74) is 0.397. The lowest BCUT2D eigenvalue weighted by molar-refractivity contribution is 0.0347. The molecule has 3 fully saturated rings. The largest absolute Gasteiger partial charge is 0.316 e. The number of hydrogen-bond donors (Lipinski definition) is 1. The monoisotopic (exact) mass is 251 g/mol. The van der Waals surface area contributed by atoms with E-state index in [0.717, 1.165) is 23.9 Å². The second-order valence-electron chi connectivity index (χ2n) is 7.34. The van der Waals surface area contributed by atoms with E-state index in [-0.39, 0.29) is 0 Å². The van der Waals surface area contributed by atoms with Crippen molar-refractivity contribution >= 4 is 0 Å². The Kier molecular flexibility index (Phi) is 3.20. The molecule has 0 aromatic heterocycles. The zero-order valence-electron chi connectivity index (χ0n) is 12.4. The lowest BCUT2D eigenvalue weighted by Gasteiger charge is -2.46. The molecule has 3 rings (SSSR count). The van der Waals surface area contributed by atoms with Gasteiger partial charge in [-0.3, -0.25) is 4.90 Å². The quantitative estimate of drug-likeness (QED) is 0.760. The Labute approximate surface area is 112 Å². The lowest BCUT2D eigenvalue weighted by Crippen LogP contribution is -2.54. The minimum absolute atomic E-state index is 0.397. The van der Waals surface area contributed by atoms with Gasteiger partial charge in [-0.15, -0.1) is 0 Å². The number of nitrogens with zero attached hydrogens (tertiary/aromatic N) is 2. The maximum atomic E-state index is 3.58. The molecule has 0 aromatic carbocycles. The Bertz CT molecular complexity index is 315. The molecule has 0 aromatic rings. The molecule has 0 spiro atoms. The van der Waals surface area contributed by atoms with Crippen molar-refractivity contribution in [1.29, 1.82) is 0 Å². The maximum absolute atomic E-state index is 3.58. The lowest BCUT2D eigenvalue weighted by atomic mass is 9.83. The molecule has 18 heavy (non-hydrogen) atoms. The van der Waals surface area contributed by atoms with E-state index < -0.39 is 0 Å². The molecule has 1 N–H and O–H groups in total. The molecule has 0 radical (unpaired) electrons. The predicted molar refractivity (Wildman–Crippen MR) is 75.7 cm³/mol. The van der Waals surface area contributed by atoms with Gasteiger partial charge in [0, 0.05) is 30.7 Å². The number of piperidine rings is 1. The Balaban J connectivity index is 1.73. The number of hydrogen-bond acceptors (Lipinski definition) is 3. The Morgan fingerprint density at radius 2 is 2.00 bits per heavy atom. The van der Waals surface area contributed by atoms with E-state index in [2.05, 4.69) is 42.9 Å². The Morgan fingerprint density at radius 3 is 2.67 bits per heavy atom. The van der Waals surface area contributed by atoms with Crippen LogP contribution >= 0.6 is 0 Å². The van der Waals surface area contributed by atoms with Crippen molar-refractivity contribution in [2.45, 2.75) is 51.2 Å². The molecule has 0 aliphatic carbocycles. The van der Waals surface area contributed by atoms with Crippen LogP contribution in [-0.2, 0) is 0 Å². The van der Waals surface area contributed by atoms with Gasteiger partial charge in [-0.2, -0.15) is 0 Å². The summed E-state index contributed by atoms with van der Waals surface area (Å²) in [7, 11) is 2.27. The maximum Gasteiger partial charge on any atom is 0.0200 e. The summed E-state index contributed by atoms with van der Waals surface area (Å²) in [6.07, 6.45) is 2.71. The molecule has 3 aliphatic heterocycles. The van der Waals surface area contributed by atoms with Crippen LogP contribution in [0.3, 0.4) is 0 Å². The summed E-state index contributed by atoms with van der Waals surface area (Å²) < 4.78 is 0. The number of likely N-dealkylation sites (tertiary alicyclic amines) is 2. The molecule has 0 amide bonds. The predicted octanol–water partition coefficient (Wildman–Crippen LogP) is 1.40. The fraction of sp³-hybridized carbons (Fsp3) is 1.00. The van der Waals surface area contributed by atoms with Gasteiger partial charge >= 0.3 is 0 Å². The van der Waals surface area contributed by atoms with E-state index in [1.165, 1.54) is 39.0 Å². The van der Waals surface area contributed by atoms with Crippen LogP contribution in [-0.4, -0.2) is 60.6 Å². The van der Waals surface area contributed by atoms with E-state index in [9.17, 15) is 0 Å². The van der Waals surface area contributed by atoms with E-state index >= 15 is 0 Å². The van der Waals surface area contributed by atoms with Gasteiger partial charge in [-0.1, -0.05) is 0 Å². The van der Waals surface area contributed by atoms with Gasteiger partial charge in [-0.25, -0.2) is 0 Å². The van der Waals surface area contributed by atoms with Crippen LogP contribution in [0.15, 0.2) is 0 Å². The van der Waals surface area contributed by atoms with Crippen LogP contribution in [0.25, 0.3) is 0 Å². The average molecular weight is 251 g/mol. The average Bonchev–Trinajstić information content (AvgIpc) is 2.86. The van der Waals surface area contributed by atoms with Gasteiger partial charge in [0.05, 0.1) is 0 Å². The first kappa shape index (κ1) is 12.9. The minimum Gasteiger partial charge on any atom is -0.316 e. The number of nitrogens with one attached hydrogen (secondary N) is 1. The zero-order chi connectivity index (χ0) is 12.9. The fourth-order valence-corrected chi connectivity index (χ4v) is 4.62. The highest BCUT2D eigenvalue weighted by Crippen LogP contribution is 2.43. The van der Waals surface area contributed by atoms with Crippen LogP contribution in [0.1, 0.15) is 33.6 Å². The van der Waals surface area contributed by atoms with Crippen LogP contribution in [0, 0.1) is 11.8 Å². The molecular weight excluding hydrogens is 222 g/mol. The first-order chi connectivity index (χ1) is 8.50. The van der Waals surface area contributed by atoms with Crippen molar-refractivity contribution in [3.8, 4) is 0 Å². The first-order valence-corrected chi connectivity index (χ1v) is 7.68. The smallest absolute Gasteiger partial charge is 0.0200 e. The van der Waals surface area contributed by atoms with Crippen molar-refractivity contribution in [3.05, 3.63) is 0 Å². The summed E-state index contributed by atoms with van der Waals surface area (Å²) in [6, 6.07) is 1.56. The molecule has 3 saturated heterocycles. The highest BCUT2D eigenvalue weighted by Gasteiger charge is 2.51. The molecule has 4 atom stereocenters. The molecule has 3 aliphatic rings. The van der Waals surface area contributed by atoms with E-state index in [1.54, 1.807) is 0 Å². The molecule has 4 unspecified atom stereocenters. The standard InChI is InChI=1S/C15H29N3/c1-11-7-13(5-6-17(11)4)18-10-12-8-16-9-14(12)15(18,2)3/h11-14,16H,5-10H2,1-4H3. The molecule has 104 valence electrons. The summed E-state index contributed by atoms with van der Waals surface area (Å²) in [5.74, 6) is 1.77. The number of fused-ring (bicyclic) bond motifs is 1. The molecule has 0 bridgehead atoms. The van der Waals surface area contributed by atoms with Crippen molar-refractivity contribution in [1.82, 2.24) is 15.1 Å². The second-order valence-corrected chi connectivity index (χ2v) is 7.34. The van der Waals surface area contributed by atoms with Gasteiger partial charge in [0.25, 0.3) is 0 Å². The van der Waals surface area contributed by atoms with E-state index in [0.29, 0.717) is 5.54 Å². The topological polar surface area (TPSA) is 18.5 Å². The summed E-state index contributed by atoms with van der Waals surface area (Å²) in [5, 5.41) is 3.58. The van der Waals surface area contributed by atoms with Gasteiger partial charge in [0.2, 0.25) is 0 Å². The van der Waals surface area contributed by atoms with Crippen molar-refractivity contribution in [3.63, 3.8) is 0 Å². The molecular formula is C15H29N3. The van der Waals surface area contributed by atoms with Crippen LogP contribution in [0.2, 0.25) is 0 Å². The summed E-state index contributed by atoms with van der Waals surface area (Å²) in [6.45, 7) is 12.4. The molecule has 0 saturated carbocycles. The van der Waals surface area contributed by atoms with Crippen molar-refractivity contribution in [2.75, 3.05) is 33.2 Å². The third kappa shape index (κ3) is 1.91. The highest BCUT2D eigenvalue weighted by molar-refractivity contribution is 5.07. The SMILES string of the molecule is CC1CC(N2CC3CNCC3C2(C)C)CCN1C. The Morgan fingerprint density at radius 1 is 1.22 bits per heavy atom. The van der Waals surface area contributed by atoms with Crippen molar-refractivity contribution < 1.29 is 0 Å². The van der Waals surface area contributed by atoms with Gasteiger partial charge in [0.1, 0.15) is 0 Å². The third-order valence-corrected chi connectivity index (χ3v) is 6.04. The summed E-state index contributed by atoms with van der Waals surface area (Å²) in [4.78, 5) is 5.37. The Hall–Kier alpha value is -0.120. The van der Waals surface area contributed by atoms with Crippen LogP contribution in [0.4, 0.5) is 0 Å². The molecule has 3 heteroatoms. The fourth-order valence-electron chi connectivity index (χ4n) is 4.62. The van der Waals surface area contributed by atoms with Crippen molar-refractivity contribution in [2.24, 2.45) is 11.8 Å². The molecule has 3 heterocycles. The number of rotatable bonds is 1. The zero-order valence-corrected chi connectivity index (χ0v) is 12.4. The minimum atomic E-state index is 0.397. The summed E-state index contributed by atoms with van der Waals surface area (Å²) >= 11 is 0. The van der Waals surface area contributed by atoms with Gasteiger partial charge in [-0.05, 0) is 65.6 Å². The van der Waals surface area contributed by atoms with Crippen LogP contribution < -0.4 is 5.32 Å². The van der Waals surface area contributed by atoms with Gasteiger partial charge < -0.3 is 10.2 Å². The highest BCUT2D eigenvalue weighted by atomic mass is 15.3. The molecule has 3 nitrogen and oxygen atoms in total.